The van der Waals surface area contributed by atoms with Crippen molar-refractivity contribution >= 4 is 42.7 Å². The maximum absolute atomic E-state index is 13.0. The molecule has 2 heterocycles. The molecule has 0 radical (unpaired) electrons. The Morgan fingerprint density at radius 1 is 0.929 bits per heavy atom. The average Bonchev–Trinajstić information content (AvgIpc) is 3.01. The van der Waals surface area contributed by atoms with Crippen LogP contribution in [0.2, 0.25) is 0 Å². The zero-order chi connectivity index (χ0) is 31.1. The lowest BCUT2D eigenvalue weighted by Gasteiger charge is -2.48. The lowest BCUT2D eigenvalue weighted by atomic mass is 9.85. The Bertz CT molecular complexity index is 1120. The fourth-order valence-corrected chi connectivity index (χ4v) is 6.79. The summed E-state index contributed by atoms with van der Waals surface area (Å²) in [6.07, 6.45) is 4.13. The van der Waals surface area contributed by atoms with Gasteiger partial charge in [-0.2, -0.15) is 25.3 Å². The molecule has 3 aromatic carbocycles. The van der Waals surface area contributed by atoms with Gasteiger partial charge >= 0.3 is 0 Å². The van der Waals surface area contributed by atoms with Crippen molar-refractivity contribution in [3.05, 3.63) is 102 Å². The second-order valence-electron chi connectivity index (χ2n) is 10.4. The van der Waals surface area contributed by atoms with Gasteiger partial charge in [-0.25, -0.2) is 8.78 Å². The van der Waals surface area contributed by atoms with Crippen LogP contribution < -0.4 is 4.90 Å². The standard InChI is InChI=1S/C17H18FN.C9H11FO.C6H12O2S2.CH4S/c1-13-12-19(16-9-7-15(18)8-10-16)17(13)11-14-5-3-2-4-6-14;1-2-9(11)7-3-5-8(10)6-4-7;7-3-5-1-4(8)2-6(9)10-5;1-2/h2-10,13,17H,11-12H2,1H3;3-6,9,11H,2H2,1H3;4-9H,1-3H2;2H,1H3. The van der Waals surface area contributed by atoms with Gasteiger partial charge in [-0.1, -0.05) is 56.3 Å². The molecule has 232 valence electrons. The minimum Gasteiger partial charge on any atom is -0.395 e. The van der Waals surface area contributed by atoms with Gasteiger partial charge in [-0.3, -0.25) is 0 Å². The molecular weight excluding hydrogens is 593 g/mol. The summed E-state index contributed by atoms with van der Waals surface area (Å²) in [5.74, 6) is 0.249. The number of halogens is 2. The predicted octanol–water partition coefficient (Wildman–Crippen LogP) is 7.20. The molecule has 0 aromatic heterocycles. The van der Waals surface area contributed by atoms with Crippen molar-refractivity contribution in [3.63, 3.8) is 0 Å². The van der Waals surface area contributed by atoms with Crippen molar-refractivity contribution in [3.8, 4) is 0 Å². The highest BCUT2D eigenvalue weighted by Gasteiger charge is 2.35. The van der Waals surface area contributed by atoms with Crippen molar-refractivity contribution in [2.75, 3.05) is 24.3 Å². The van der Waals surface area contributed by atoms with Gasteiger partial charge in [0, 0.05) is 23.5 Å². The van der Waals surface area contributed by atoms with Crippen LogP contribution in [-0.4, -0.2) is 56.7 Å². The number of benzene rings is 3. The van der Waals surface area contributed by atoms with Gasteiger partial charge in [0.15, 0.2) is 0 Å². The number of nitrogens with zero attached hydrogens (tertiary/aromatic N) is 1. The molecule has 2 aliphatic rings. The molecule has 4 nitrogen and oxygen atoms in total. The molecule has 6 unspecified atom stereocenters. The van der Waals surface area contributed by atoms with E-state index in [2.05, 4.69) is 61.3 Å². The van der Waals surface area contributed by atoms with E-state index in [4.69, 9.17) is 5.11 Å². The second-order valence-corrected chi connectivity index (χ2v) is 12.8. The van der Waals surface area contributed by atoms with E-state index < -0.39 is 6.10 Å². The molecule has 0 aliphatic carbocycles. The van der Waals surface area contributed by atoms with Crippen molar-refractivity contribution in [2.24, 2.45) is 5.92 Å². The summed E-state index contributed by atoms with van der Waals surface area (Å²) < 4.78 is 25.5. The van der Waals surface area contributed by atoms with E-state index in [1.807, 2.05) is 25.1 Å². The molecular formula is C33H45F2NO3S3. The predicted molar refractivity (Wildman–Crippen MR) is 180 cm³/mol. The van der Waals surface area contributed by atoms with E-state index in [0.717, 1.165) is 30.6 Å². The molecule has 6 atom stereocenters. The van der Waals surface area contributed by atoms with Crippen LogP contribution >= 0.6 is 37.0 Å². The minimum atomic E-state index is -0.462. The molecule has 5 rings (SSSR count). The Hall–Kier alpha value is -1.75. The number of anilines is 1. The fraction of sp³-hybridized carbons (Fsp3) is 0.455. The molecule has 0 bridgehead atoms. The van der Waals surface area contributed by atoms with Gasteiger partial charge in [0.1, 0.15) is 11.6 Å². The Kier molecular flexibility index (Phi) is 16.9. The smallest absolute Gasteiger partial charge is 0.123 e. The minimum absolute atomic E-state index is 0.152. The normalized spacial score (nSPS) is 23.5. The average molecular weight is 638 g/mol. The Labute approximate surface area is 265 Å². The van der Waals surface area contributed by atoms with Crippen LogP contribution in [0.15, 0.2) is 78.9 Å². The lowest BCUT2D eigenvalue weighted by Crippen LogP contribution is -2.56. The van der Waals surface area contributed by atoms with Crippen LogP contribution in [0.3, 0.4) is 0 Å². The van der Waals surface area contributed by atoms with Crippen LogP contribution in [0.4, 0.5) is 14.5 Å². The molecule has 3 aromatic rings. The Morgan fingerprint density at radius 2 is 1.50 bits per heavy atom. The van der Waals surface area contributed by atoms with Gasteiger partial charge in [0.25, 0.3) is 0 Å². The fourth-order valence-electron chi connectivity index (χ4n) is 4.84. The van der Waals surface area contributed by atoms with E-state index in [-0.39, 0.29) is 34.2 Å². The summed E-state index contributed by atoms with van der Waals surface area (Å²) in [6.45, 7) is 5.38. The van der Waals surface area contributed by atoms with Crippen molar-refractivity contribution < 1.29 is 24.1 Å². The summed E-state index contributed by atoms with van der Waals surface area (Å²) in [5, 5.41) is 27.5. The number of thioether (sulfide) groups is 1. The largest absolute Gasteiger partial charge is 0.395 e. The summed E-state index contributed by atoms with van der Waals surface area (Å²) >= 11 is 9.40. The summed E-state index contributed by atoms with van der Waals surface area (Å²) in [4.78, 5) is 2.37. The highest BCUT2D eigenvalue weighted by Crippen LogP contribution is 2.34. The van der Waals surface area contributed by atoms with Gasteiger partial charge < -0.3 is 20.2 Å². The Morgan fingerprint density at radius 3 is 2.00 bits per heavy atom. The highest BCUT2D eigenvalue weighted by atomic mass is 32.2. The van der Waals surface area contributed by atoms with Gasteiger partial charge in [-0.05, 0) is 85.4 Å². The highest BCUT2D eigenvalue weighted by molar-refractivity contribution is 8.10. The first kappa shape index (κ1) is 36.4. The maximum Gasteiger partial charge on any atom is 0.123 e. The first-order valence-corrected chi connectivity index (χ1v) is 16.6. The third-order valence-electron chi connectivity index (χ3n) is 7.19. The van der Waals surface area contributed by atoms with Crippen molar-refractivity contribution in [2.45, 2.75) is 67.6 Å². The molecule has 42 heavy (non-hydrogen) atoms. The first-order chi connectivity index (χ1) is 20.2. The molecule has 2 saturated heterocycles. The van der Waals surface area contributed by atoms with Crippen LogP contribution in [0, 0.1) is 17.6 Å². The monoisotopic (exact) mass is 637 g/mol. The third kappa shape index (κ3) is 12.1. The number of hydrogen-bond acceptors (Lipinski definition) is 7. The van der Waals surface area contributed by atoms with Crippen LogP contribution in [0.5, 0.6) is 0 Å². The Balaban J connectivity index is 0.000000230. The van der Waals surface area contributed by atoms with Crippen LogP contribution in [-0.2, 0) is 6.42 Å². The SMILES string of the molecule is CC1CN(c2ccc(F)cc2)C1Cc1ccccc1.CCC(O)c1ccc(F)cc1.CS.OCC1CC(O)CC(S)S1. The topological polar surface area (TPSA) is 63.9 Å². The molecule has 0 spiro atoms. The third-order valence-corrected chi connectivity index (χ3v) is 9.00. The van der Waals surface area contributed by atoms with Gasteiger partial charge in [-0.15, -0.1) is 11.8 Å². The van der Waals surface area contributed by atoms with Gasteiger partial charge in [0.05, 0.1) is 23.4 Å². The second kappa shape index (κ2) is 19.5. The molecule has 3 N–H and O–H groups in total. The summed E-state index contributed by atoms with van der Waals surface area (Å²) in [5.41, 5.74) is 3.26. The summed E-state index contributed by atoms with van der Waals surface area (Å²) in [6, 6.07) is 23.8. The maximum atomic E-state index is 13.0. The van der Waals surface area contributed by atoms with Crippen LogP contribution in [0.25, 0.3) is 0 Å². The lowest BCUT2D eigenvalue weighted by molar-refractivity contribution is 0.143. The van der Waals surface area contributed by atoms with E-state index >= 15 is 0 Å². The van der Waals surface area contributed by atoms with Gasteiger partial charge in [0.2, 0.25) is 0 Å². The molecule has 0 saturated carbocycles. The molecule has 0 amide bonds. The molecule has 9 heteroatoms. The van der Waals surface area contributed by atoms with E-state index in [1.54, 1.807) is 30.2 Å². The van der Waals surface area contributed by atoms with E-state index in [1.165, 1.54) is 29.8 Å². The number of aliphatic hydroxyl groups excluding tert-OH is 3. The zero-order valence-corrected chi connectivity index (χ0v) is 27.2. The van der Waals surface area contributed by atoms with E-state index in [9.17, 15) is 19.0 Å². The molecule has 2 aliphatic heterocycles. The number of hydrogen-bond donors (Lipinski definition) is 5. The van der Waals surface area contributed by atoms with Crippen molar-refractivity contribution in [1.82, 2.24) is 0 Å². The number of rotatable bonds is 6. The zero-order valence-electron chi connectivity index (χ0n) is 24.6. The van der Waals surface area contributed by atoms with Crippen LogP contribution in [0.1, 0.15) is 50.3 Å². The first-order valence-electron chi connectivity index (χ1n) is 14.3. The number of thiol groups is 2. The summed E-state index contributed by atoms with van der Waals surface area (Å²) in [7, 11) is 0. The quantitative estimate of drug-likeness (QED) is 0.185. The molecule has 2 fully saturated rings. The number of aliphatic hydroxyl groups is 3. The van der Waals surface area contributed by atoms with E-state index in [0.29, 0.717) is 24.8 Å². The van der Waals surface area contributed by atoms with Crippen molar-refractivity contribution in [1.29, 1.82) is 0 Å².